The molecule has 160 valence electrons. The summed E-state index contributed by atoms with van der Waals surface area (Å²) in [4.78, 5) is 15.7. The summed E-state index contributed by atoms with van der Waals surface area (Å²) in [6, 6.07) is 0. The van der Waals surface area contributed by atoms with Crippen molar-refractivity contribution in [3.8, 4) is 0 Å². The van der Waals surface area contributed by atoms with Crippen LogP contribution in [0.5, 0.6) is 0 Å². The average Bonchev–Trinajstić information content (AvgIpc) is 2.61. The first-order chi connectivity index (χ1) is 13.4. The minimum atomic E-state index is -5.13. The summed E-state index contributed by atoms with van der Waals surface area (Å²) < 4.78 is 86.5. The molecule has 2 aliphatic rings. The molecule has 3 atom stereocenters. The summed E-state index contributed by atoms with van der Waals surface area (Å²) in [5.74, 6) is -7.41. The normalized spacial score (nSPS) is 26.6. The number of hydrogen-bond acceptors (Lipinski definition) is 5. The first-order valence-corrected chi connectivity index (χ1v) is 8.55. The van der Waals surface area contributed by atoms with Gasteiger partial charge in [-0.2, -0.15) is 26.3 Å². The largest absolute Gasteiger partial charge is 0.463 e. The van der Waals surface area contributed by atoms with Crippen LogP contribution < -0.4 is 11.1 Å². The third-order valence-corrected chi connectivity index (χ3v) is 4.43. The van der Waals surface area contributed by atoms with E-state index in [4.69, 9.17) is 10.5 Å². The number of ether oxygens (including phenoxy) is 1. The Morgan fingerprint density at radius 1 is 1.24 bits per heavy atom. The maximum atomic E-state index is 13.6. The highest BCUT2D eigenvalue weighted by Gasteiger charge is 2.52. The molecule has 0 aromatic rings. The maximum absolute atomic E-state index is 13.6. The molecule has 5 nitrogen and oxygen atoms in total. The molecule has 29 heavy (non-hydrogen) atoms. The number of amidine groups is 1. The number of nitrogens with zero attached hydrogens (tertiary/aromatic N) is 1. The second kappa shape index (κ2) is 8.34. The van der Waals surface area contributed by atoms with Crippen LogP contribution in [0, 0.1) is 17.8 Å². The Balaban J connectivity index is 2.80. The van der Waals surface area contributed by atoms with Crippen molar-refractivity contribution in [3.05, 3.63) is 47.3 Å². The fraction of sp³-hybridized carbons (Fsp3) is 0.444. The zero-order valence-corrected chi connectivity index (χ0v) is 15.4. The molecule has 11 heteroatoms. The highest BCUT2D eigenvalue weighted by Crippen LogP contribution is 2.48. The molecule has 1 aliphatic heterocycles. The molecule has 1 heterocycles. The number of allylic oxidation sites excluding steroid dienone is 5. The highest BCUT2D eigenvalue weighted by molar-refractivity contribution is 6.04. The van der Waals surface area contributed by atoms with Crippen molar-refractivity contribution in [1.29, 1.82) is 0 Å². The van der Waals surface area contributed by atoms with E-state index in [0.717, 1.165) is 24.4 Å². The summed E-state index contributed by atoms with van der Waals surface area (Å²) >= 11 is 0. The molecule has 0 aromatic carbocycles. The molecule has 0 bridgehead atoms. The van der Waals surface area contributed by atoms with Gasteiger partial charge < -0.3 is 15.8 Å². The van der Waals surface area contributed by atoms with Gasteiger partial charge in [0.05, 0.1) is 18.1 Å². The van der Waals surface area contributed by atoms with Crippen molar-refractivity contribution in [2.45, 2.75) is 19.3 Å². The Labute approximate surface area is 162 Å². The third-order valence-electron chi connectivity index (χ3n) is 4.43. The van der Waals surface area contributed by atoms with Crippen LogP contribution >= 0.6 is 0 Å². The van der Waals surface area contributed by atoms with Crippen LogP contribution in [-0.2, 0) is 9.53 Å². The van der Waals surface area contributed by atoms with Crippen molar-refractivity contribution in [2.75, 3.05) is 13.7 Å². The van der Waals surface area contributed by atoms with Gasteiger partial charge in [0.15, 0.2) is 5.70 Å². The lowest BCUT2D eigenvalue weighted by Gasteiger charge is -2.37. The molecule has 0 aromatic heterocycles. The lowest BCUT2D eigenvalue weighted by atomic mass is 9.70. The zero-order valence-electron chi connectivity index (χ0n) is 15.4. The second-order valence-corrected chi connectivity index (χ2v) is 6.26. The molecule has 0 spiro atoms. The minimum Gasteiger partial charge on any atom is -0.463 e. The molecular formula is C18H19F6N3O2. The first kappa shape index (κ1) is 22.6. The van der Waals surface area contributed by atoms with Gasteiger partial charge in [-0.15, -0.1) is 0 Å². The number of aliphatic imine (C=N–C) groups is 1. The van der Waals surface area contributed by atoms with Crippen LogP contribution in [0.3, 0.4) is 0 Å². The van der Waals surface area contributed by atoms with Gasteiger partial charge in [0.1, 0.15) is 5.84 Å². The summed E-state index contributed by atoms with van der Waals surface area (Å²) in [6.45, 7) is 1.10. The predicted octanol–water partition coefficient (Wildman–Crippen LogP) is 3.38. The zero-order chi connectivity index (χ0) is 22.0. The Hall–Kier alpha value is -2.72. The molecule has 0 radical (unpaired) electrons. The lowest BCUT2D eigenvalue weighted by molar-refractivity contribution is -0.173. The molecule has 2 rings (SSSR count). The van der Waals surface area contributed by atoms with Gasteiger partial charge in [-0.3, -0.25) is 0 Å². The summed E-state index contributed by atoms with van der Waals surface area (Å²) in [6.07, 6.45) is -4.39. The fourth-order valence-corrected chi connectivity index (χ4v) is 3.35. The van der Waals surface area contributed by atoms with Crippen LogP contribution in [-0.4, -0.2) is 37.8 Å². The van der Waals surface area contributed by atoms with Crippen LogP contribution in [0.1, 0.15) is 6.92 Å². The molecule has 3 N–H and O–H groups in total. The number of halogens is 6. The summed E-state index contributed by atoms with van der Waals surface area (Å²) in [7, 11) is 1.39. The third kappa shape index (κ3) is 4.65. The van der Waals surface area contributed by atoms with Gasteiger partial charge >= 0.3 is 18.3 Å². The Kier molecular flexibility index (Phi) is 6.49. The van der Waals surface area contributed by atoms with Crippen LogP contribution in [0.25, 0.3) is 0 Å². The summed E-state index contributed by atoms with van der Waals surface area (Å²) in [5, 5.41) is 2.53. The van der Waals surface area contributed by atoms with E-state index < -0.39 is 53.2 Å². The van der Waals surface area contributed by atoms with E-state index in [-0.39, 0.29) is 12.2 Å². The topological polar surface area (TPSA) is 76.7 Å². The smallest absolute Gasteiger partial charge is 0.433 e. The lowest BCUT2D eigenvalue weighted by Crippen LogP contribution is -2.42. The molecule has 1 aliphatic carbocycles. The second-order valence-electron chi connectivity index (χ2n) is 6.26. The number of rotatable bonds is 4. The van der Waals surface area contributed by atoms with Crippen LogP contribution in [0.2, 0.25) is 0 Å². The Morgan fingerprint density at radius 3 is 2.38 bits per heavy atom. The van der Waals surface area contributed by atoms with Crippen molar-refractivity contribution in [2.24, 2.45) is 28.5 Å². The van der Waals surface area contributed by atoms with Gasteiger partial charge in [-0.05, 0) is 6.92 Å². The number of alkyl halides is 6. The quantitative estimate of drug-likeness (QED) is 0.537. The van der Waals surface area contributed by atoms with Crippen molar-refractivity contribution in [1.82, 2.24) is 5.32 Å². The first-order valence-electron chi connectivity index (χ1n) is 8.55. The number of nitrogens with two attached hydrogens (primary N) is 1. The summed E-state index contributed by atoms with van der Waals surface area (Å²) in [5.41, 5.74) is 2.85. The van der Waals surface area contributed by atoms with Crippen LogP contribution in [0.15, 0.2) is 52.3 Å². The number of esters is 1. The van der Waals surface area contributed by atoms with Gasteiger partial charge in [0.25, 0.3) is 0 Å². The van der Waals surface area contributed by atoms with Crippen LogP contribution in [0.4, 0.5) is 26.3 Å². The van der Waals surface area contributed by atoms with E-state index >= 15 is 0 Å². The molecule has 0 amide bonds. The van der Waals surface area contributed by atoms with E-state index in [1.165, 1.54) is 20.0 Å². The molecule has 0 saturated heterocycles. The molecule has 3 unspecified atom stereocenters. The number of nitrogens with one attached hydrogen (secondary N) is 1. The minimum absolute atomic E-state index is 0.164. The monoisotopic (exact) mass is 423 g/mol. The molecule has 0 saturated carbocycles. The molecule has 0 fully saturated rings. The number of carbonyl (C=O) groups is 1. The van der Waals surface area contributed by atoms with Crippen molar-refractivity contribution in [3.63, 3.8) is 0 Å². The van der Waals surface area contributed by atoms with Gasteiger partial charge in [-0.1, -0.05) is 24.3 Å². The fourth-order valence-electron chi connectivity index (χ4n) is 3.35. The highest BCUT2D eigenvalue weighted by atomic mass is 19.4. The number of hydrogen-bond donors (Lipinski definition) is 2. The standard InChI is InChI=1S/C18H19F6N3O2/c1-3-29-16(28)13-12(9-6-4-5-7-11(9)17(19,20)21)10(8-26-2)15(25)27-14(13)18(22,23)24/h4-9,11-12,26H,3H2,1-2H3,(H2,25,27)/b10-8-. The Bertz CT molecular complexity index is 805. The SMILES string of the molecule is CCOC(=O)C1=C(C(F)(F)F)N=C(N)/C(=C\NC)C1C1C=CC=CC1C(F)(F)F. The van der Waals surface area contributed by atoms with Crippen molar-refractivity contribution < 1.29 is 35.9 Å². The number of carbonyl (C=O) groups excluding carboxylic acids is 1. The van der Waals surface area contributed by atoms with Gasteiger partial charge in [0, 0.05) is 30.7 Å². The van der Waals surface area contributed by atoms with Gasteiger partial charge in [0.2, 0.25) is 0 Å². The molecular weight excluding hydrogens is 404 g/mol. The van der Waals surface area contributed by atoms with E-state index in [0.29, 0.717) is 0 Å². The Morgan fingerprint density at radius 2 is 1.86 bits per heavy atom. The van der Waals surface area contributed by atoms with E-state index in [2.05, 4.69) is 10.3 Å². The predicted molar refractivity (Wildman–Crippen MR) is 93.3 cm³/mol. The van der Waals surface area contributed by atoms with Gasteiger partial charge in [-0.25, -0.2) is 9.79 Å². The maximum Gasteiger partial charge on any atom is 0.433 e. The van der Waals surface area contributed by atoms with E-state index in [1.54, 1.807) is 0 Å². The van der Waals surface area contributed by atoms with E-state index in [9.17, 15) is 31.1 Å². The van der Waals surface area contributed by atoms with E-state index in [1.807, 2.05) is 0 Å². The van der Waals surface area contributed by atoms with Crippen molar-refractivity contribution >= 4 is 11.8 Å². The average molecular weight is 423 g/mol.